The van der Waals surface area contributed by atoms with E-state index in [-0.39, 0.29) is 5.82 Å². The van der Waals surface area contributed by atoms with Gasteiger partial charge in [0.2, 0.25) is 0 Å². The van der Waals surface area contributed by atoms with Gasteiger partial charge in [-0.2, -0.15) is 0 Å². The van der Waals surface area contributed by atoms with Crippen LogP contribution in [0.3, 0.4) is 0 Å². The molecule has 1 aliphatic carbocycles. The van der Waals surface area contributed by atoms with E-state index in [4.69, 9.17) is 0 Å². The Kier molecular flexibility index (Phi) is 5.26. The summed E-state index contributed by atoms with van der Waals surface area (Å²) in [5.41, 5.74) is 1.14. The average Bonchev–Trinajstić information content (AvgIpc) is 2.77. The van der Waals surface area contributed by atoms with Gasteiger partial charge in [-0.1, -0.05) is 25.0 Å². The Balaban J connectivity index is 1.48. The highest BCUT2D eigenvalue weighted by atomic mass is 19.1. The molecule has 2 nitrogen and oxygen atoms in total. The minimum atomic E-state index is -0.102. The van der Waals surface area contributed by atoms with Gasteiger partial charge in [0.15, 0.2) is 0 Å². The summed E-state index contributed by atoms with van der Waals surface area (Å²) in [6.07, 6.45) is 8.65. The molecule has 0 bridgehead atoms. The first-order valence-electron chi connectivity index (χ1n) is 8.74. The van der Waals surface area contributed by atoms with Crippen molar-refractivity contribution in [2.45, 2.75) is 51.1 Å². The third-order valence-corrected chi connectivity index (χ3v) is 5.38. The summed E-state index contributed by atoms with van der Waals surface area (Å²) >= 11 is 0. The summed E-state index contributed by atoms with van der Waals surface area (Å²) in [5.74, 6) is -0.102. The molecule has 21 heavy (non-hydrogen) atoms. The van der Waals surface area contributed by atoms with E-state index in [1.165, 1.54) is 70.8 Å². The fourth-order valence-corrected chi connectivity index (χ4v) is 4.13. The minimum absolute atomic E-state index is 0.102. The molecule has 0 radical (unpaired) electrons. The lowest BCUT2D eigenvalue weighted by atomic mass is 10.1. The Hall–Kier alpha value is -0.930. The van der Waals surface area contributed by atoms with Crippen molar-refractivity contribution in [2.75, 3.05) is 26.2 Å². The van der Waals surface area contributed by atoms with Crippen molar-refractivity contribution in [3.05, 3.63) is 35.6 Å². The van der Waals surface area contributed by atoms with Crippen LogP contribution in [0.15, 0.2) is 24.3 Å². The molecule has 0 spiro atoms. The monoisotopic (exact) mass is 292 g/mol. The lowest BCUT2D eigenvalue weighted by molar-refractivity contribution is -1.03. The molecule has 0 atom stereocenters. The zero-order valence-electron chi connectivity index (χ0n) is 13.0. The van der Waals surface area contributed by atoms with E-state index in [1.807, 2.05) is 11.0 Å². The Bertz CT molecular complexity index is 433. The van der Waals surface area contributed by atoms with Crippen LogP contribution >= 0.6 is 0 Å². The third kappa shape index (κ3) is 4.27. The van der Waals surface area contributed by atoms with E-state index in [0.29, 0.717) is 0 Å². The fraction of sp³-hybridized carbons (Fsp3) is 0.667. The summed E-state index contributed by atoms with van der Waals surface area (Å²) in [4.78, 5) is 3.47. The van der Waals surface area contributed by atoms with Crippen molar-refractivity contribution in [1.82, 2.24) is 0 Å². The number of piperazine rings is 1. The van der Waals surface area contributed by atoms with Crippen LogP contribution in [0, 0.1) is 5.82 Å². The largest absolute Gasteiger partial charge is 0.323 e. The molecular weight excluding hydrogens is 263 g/mol. The highest BCUT2D eigenvalue weighted by Gasteiger charge is 2.29. The molecule has 2 fully saturated rings. The van der Waals surface area contributed by atoms with Crippen LogP contribution in [0.4, 0.5) is 4.39 Å². The number of quaternary nitrogens is 2. The highest BCUT2D eigenvalue weighted by molar-refractivity contribution is 5.14. The second-order valence-electron chi connectivity index (χ2n) is 6.90. The van der Waals surface area contributed by atoms with Crippen LogP contribution < -0.4 is 9.80 Å². The average molecular weight is 292 g/mol. The SMILES string of the molecule is Fc1cccc(C[NH+]2CC[NH+](C3CCCCCC3)CC2)c1. The number of benzene rings is 1. The van der Waals surface area contributed by atoms with Crippen LogP contribution in [0.2, 0.25) is 0 Å². The molecular formula is C18H29FN2+2. The van der Waals surface area contributed by atoms with Crippen molar-refractivity contribution in [3.8, 4) is 0 Å². The minimum Gasteiger partial charge on any atom is -0.323 e. The Morgan fingerprint density at radius 1 is 0.952 bits per heavy atom. The van der Waals surface area contributed by atoms with E-state index in [1.54, 1.807) is 11.0 Å². The third-order valence-electron chi connectivity index (χ3n) is 5.38. The molecule has 116 valence electrons. The van der Waals surface area contributed by atoms with E-state index in [9.17, 15) is 4.39 Å². The number of halogens is 1. The first kappa shape index (κ1) is 15.0. The van der Waals surface area contributed by atoms with Gasteiger partial charge in [-0.3, -0.25) is 0 Å². The smallest absolute Gasteiger partial charge is 0.127 e. The standard InChI is InChI=1S/C18H27FN2/c19-17-7-5-6-16(14-17)15-20-10-12-21(13-11-20)18-8-3-1-2-4-9-18/h5-7,14,18H,1-4,8-13,15H2/p+2. The second-order valence-corrected chi connectivity index (χ2v) is 6.90. The molecule has 0 amide bonds. The Morgan fingerprint density at radius 2 is 1.67 bits per heavy atom. The van der Waals surface area contributed by atoms with Gasteiger partial charge in [0.05, 0.1) is 6.04 Å². The number of hydrogen-bond acceptors (Lipinski definition) is 0. The fourth-order valence-electron chi connectivity index (χ4n) is 4.13. The molecule has 2 N–H and O–H groups in total. The zero-order valence-corrected chi connectivity index (χ0v) is 13.0. The summed E-state index contributed by atoms with van der Waals surface area (Å²) in [5, 5.41) is 0. The molecule has 2 aliphatic rings. The molecule has 1 saturated carbocycles. The van der Waals surface area contributed by atoms with Gasteiger partial charge in [-0.15, -0.1) is 0 Å². The first-order valence-corrected chi connectivity index (χ1v) is 8.74. The van der Waals surface area contributed by atoms with Gasteiger partial charge in [0, 0.05) is 5.56 Å². The summed E-state index contributed by atoms with van der Waals surface area (Å²) in [7, 11) is 0. The Morgan fingerprint density at radius 3 is 2.33 bits per heavy atom. The first-order chi connectivity index (χ1) is 10.3. The van der Waals surface area contributed by atoms with Gasteiger partial charge in [0.1, 0.15) is 38.5 Å². The Labute approximate surface area is 127 Å². The van der Waals surface area contributed by atoms with Gasteiger partial charge >= 0.3 is 0 Å². The van der Waals surface area contributed by atoms with Gasteiger partial charge in [-0.25, -0.2) is 4.39 Å². The van der Waals surface area contributed by atoms with Crippen molar-refractivity contribution < 1.29 is 14.2 Å². The second kappa shape index (κ2) is 7.37. The molecule has 3 heteroatoms. The van der Waals surface area contributed by atoms with Crippen molar-refractivity contribution in [3.63, 3.8) is 0 Å². The molecule has 1 aliphatic heterocycles. The summed E-state index contributed by atoms with van der Waals surface area (Å²) in [6, 6.07) is 8.03. The van der Waals surface area contributed by atoms with Crippen LogP contribution in [0.25, 0.3) is 0 Å². The van der Waals surface area contributed by atoms with Gasteiger partial charge < -0.3 is 9.80 Å². The maximum atomic E-state index is 13.3. The van der Waals surface area contributed by atoms with Crippen molar-refractivity contribution in [2.24, 2.45) is 0 Å². The normalized spacial score (nSPS) is 28.2. The number of hydrogen-bond donors (Lipinski definition) is 2. The van der Waals surface area contributed by atoms with Gasteiger partial charge in [-0.05, 0) is 37.8 Å². The van der Waals surface area contributed by atoms with Crippen LogP contribution in [0.5, 0.6) is 0 Å². The predicted octanol–water partition coefficient (Wildman–Crippen LogP) is 0.832. The molecule has 1 heterocycles. The van der Waals surface area contributed by atoms with E-state index in [2.05, 4.69) is 6.07 Å². The molecule has 1 aromatic rings. The molecule has 0 unspecified atom stereocenters. The van der Waals surface area contributed by atoms with Crippen molar-refractivity contribution >= 4 is 0 Å². The lowest BCUT2D eigenvalue weighted by Gasteiger charge is -2.34. The maximum absolute atomic E-state index is 13.3. The van der Waals surface area contributed by atoms with Crippen molar-refractivity contribution in [1.29, 1.82) is 0 Å². The predicted molar refractivity (Wildman–Crippen MR) is 83.0 cm³/mol. The maximum Gasteiger partial charge on any atom is 0.127 e. The van der Waals surface area contributed by atoms with Gasteiger partial charge in [0.25, 0.3) is 0 Å². The summed E-state index contributed by atoms with van der Waals surface area (Å²) < 4.78 is 13.3. The van der Waals surface area contributed by atoms with E-state index < -0.39 is 0 Å². The van der Waals surface area contributed by atoms with Crippen LogP contribution in [-0.2, 0) is 6.54 Å². The zero-order chi connectivity index (χ0) is 14.5. The number of nitrogens with one attached hydrogen (secondary N) is 2. The van der Waals surface area contributed by atoms with E-state index >= 15 is 0 Å². The molecule has 1 saturated heterocycles. The molecule has 3 rings (SSSR count). The summed E-state index contributed by atoms with van der Waals surface area (Å²) in [6.45, 7) is 6.06. The van der Waals surface area contributed by atoms with Crippen LogP contribution in [0.1, 0.15) is 44.1 Å². The lowest BCUT2D eigenvalue weighted by Crippen LogP contribution is -3.29. The van der Waals surface area contributed by atoms with Crippen LogP contribution in [-0.4, -0.2) is 32.2 Å². The number of rotatable bonds is 3. The van der Waals surface area contributed by atoms with E-state index in [0.717, 1.165) is 18.2 Å². The highest BCUT2D eigenvalue weighted by Crippen LogP contribution is 2.15. The molecule has 0 aromatic heterocycles. The topological polar surface area (TPSA) is 8.88 Å². The quantitative estimate of drug-likeness (QED) is 0.764. The molecule has 1 aromatic carbocycles.